The minimum atomic E-state index is 0.956. The molecule has 0 aliphatic heterocycles. The summed E-state index contributed by atoms with van der Waals surface area (Å²) < 4.78 is 2.19. The molecular weight excluding hydrogens is 198 g/mol. The lowest BCUT2D eigenvalue weighted by atomic mass is 10.1. The molecule has 0 aliphatic carbocycles. The number of aryl methyl sites for hydroxylation is 1. The van der Waals surface area contributed by atoms with Crippen molar-refractivity contribution in [3.63, 3.8) is 0 Å². The van der Waals surface area contributed by atoms with Crippen molar-refractivity contribution >= 4 is 0 Å². The van der Waals surface area contributed by atoms with E-state index in [2.05, 4.69) is 35.9 Å². The standard InChI is InChI=1S/C13H25N3/c1-4-7-9-16-13(8-5-2)12(11-15-16)10-14-6-3/h11,14H,4-10H2,1-3H3. The van der Waals surface area contributed by atoms with Crippen molar-refractivity contribution in [2.75, 3.05) is 6.54 Å². The highest BCUT2D eigenvalue weighted by molar-refractivity contribution is 5.17. The van der Waals surface area contributed by atoms with E-state index >= 15 is 0 Å². The molecule has 0 saturated carbocycles. The van der Waals surface area contributed by atoms with E-state index in [1.165, 1.54) is 30.5 Å². The van der Waals surface area contributed by atoms with E-state index in [0.717, 1.165) is 26.1 Å². The van der Waals surface area contributed by atoms with Gasteiger partial charge in [0.25, 0.3) is 0 Å². The average Bonchev–Trinajstić information content (AvgIpc) is 2.67. The van der Waals surface area contributed by atoms with Gasteiger partial charge in [-0.25, -0.2) is 0 Å². The van der Waals surface area contributed by atoms with Crippen molar-refractivity contribution in [2.45, 2.75) is 59.5 Å². The summed E-state index contributed by atoms with van der Waals surface area (Å²) >= 11 is 0. The largest absolute Gasteiger partial charge is 0.313 e. The molecule has 1 rings (SSSR count). The van der Waals surface area contributed by atoms with E-state index in [1.807, 2.05) is 6.20 Å². The smallest absolute Gasteiger partial charge is 0.0537 e. The number of nitrogens with zero attached hydrogens (tertiary/aromatic N) is 2. The molecular formula is C13H25N3. The number of hydrogen-bond donors (Lipinski definition) is 1. The van der Waals surface area contributed by atoms with E-state index < -0.39 is 0 Å². The summed E-state index contributed by atoms with van der Waals surface area (Å²) in [6, 6.07) is 0. The first-order valence-electron chi connectivity index (χ1n) is 6.57. The SMILES string of the molecule is CCCCn1ncc(CNCC)c1CCC. The number of hydrogen-bond acceptors (Lipinski definition) is 2. The van der Waals surface area contributed by atoms with Gasteiger partial charge >= 0.3 is 0 Å². The van der Waals surface area contributed by atoms with Gasteiger partial charge in [-0.1, -0.05) is 33.6 Å². The topological polar surface area (TPSA) is 29.9 Å². The van der Waals surface area contributed by atoms with Crippen LogP contribution in [0.3, 0.4) is 0 Å². The maximum absolute atomic E-state index is 4.50. The molecule has 16 heavy (non-hydrogen) atoms. The van der Waals surface area contributed by atoms with E-state index in [4.69, 9.17) is 0 Å². The molecule has 1 N–H and O–H groups in total. The summed E-state index contributed by atoms with van der Waals surface area (Å²) in [5, 5.41) is 7.88. The van der Waals surface area contributed by atoms with E-state index in [9.17, 15) is 0 Å². The zero-order valence-corrected chi connectivity index (χ0v) is 10.9. The molecule has 1 aromatic rings. The Hall–Kier alpha value is -0.830. The summed E-state index contributed by atoms with van der Waals surface area (Å²) in [5.74, 6) is 0. The molecule has 0 aromatic carbocycles. The second-order valence-electron chi connectivity index (χ2n) is 4.22. The van der Waals surface area contributed by atoms with Crippen LogP contribution in [0.2, 0.25) is 0 Å². The van der Waals surface area contributed by atoms with Crippen LogP contribution in [-0.4, -0.2) is 16.3 Å². The van der Waals surface area contributed by atoms with Crippen molar-refractivity contribution in [2.24, 2.45) is 0 Å². The molecule has 0 bridgehead atoms. The van der Waals surface area contributed by atoms with E-state index in [1.54, 1.807) is 0 Å². The normalized spacial score (nSPS) is 10.9. The van der Waals surface area contributed by atoms with Crippen LogP contribution in [0.4, 0.5) is 0 Å². The molecule has 0 atom stereocenters. The summed E-state index contributed by atoms with van der Waals surface area (Å²) in [6.45, 7) is 9.64. The summed E-state index contributed by atoms with van der Waals surface area (Å²) in [4.78, 5) is 0. The summed E-state index contributed by atoms with van der Waals surface area (Å²) in [6.07, 6.45) is 6.82. The maximum atomic E-state index is 4.50. The molecule has 0 fully saturated rings. The van der Waals surface area contributed by atoms with Crippen LogP contribution >= 0.6 is 0 Å². The lowest BCUT2D eigenvalue weighted by Gasteiger charge is -2.08. The van der Waals surface area contributed by atoms with Crippen molar-refractivity contribution in [3.05, 3.63) is 17.5 Å². The Bertz CT molecular complexity index is 266. The Morgan fingerprint density at radius 3 is 2.69 bits per heavy atom. The number of nitrogens with one attached hydrogen (secondary N) is 1. The monoisotopic (exact) mass is 223 g/mol. The molecule has 0 radical (unpaired) electrons. The van der Waals surface area contributed by atoms with Crippen LogP contribution in [0.1, 0.15) is 51.3 Å². The second-order valence-corrected chi connectivity index (χ2v) is 4.22. The van der Waals surface area contributed by atoms with Gasteiger partial charge in [0.1, 0.15) is 0 Å². The minimum absolute atomic E-state index is 0.956. The van der Waals surface area contributed by atoms with Crippen molar-refractivity contribution in [1.82, 2.24) is 15.1 Å². The molecule has 92 valence electrons. The highest BCUT2D eigenvalue weighted by Crippen LogP contribution is 2.12. The molecule has 0 spiro atoms. The molecule has 1 aromatic heterocycles. The minimum Gasteiger partial charge on any atom is -0.313 e. The highest BCUT2D eigenvalue weighted by atomic mass is 15.3. The van der Waals surface area contributed by atoms with Crippen molar-refractivity contribution < 1.29 is 0 Å². The van der Waals surface area contributed by atoms with Gasteiger partial charge in [-0.3, -0.25) is 4.68 Å². The first-order chi connectivity index (χ1) is 7.83. The third kappa shape index (κ3) is 3.63. The Kier molecular flexibility index (Phi) is 6.16. The quantitative estimate of drug-likeness (QED) is 0.734. The van der Waals surface area contributed by atoms with Crippen LogP contribution in [0.5, 0.6) is 0 Å². The molecule has 0 saturated heterocycles. The Labute approximate surface area is 99.2 Å². The fraction of sp³-hybridized carbons (Fsp3) is 0.769. The predicted molar refractivity (Wildman–Crippen MR) is 68.5 cm³/mol. The fourth-order valence-corrected chi connectivity index (χ4v) is 1.88. The van der Waals surface area contributed by atoms with Crippen molar-refractivity contribution in [3.8, 4) is 0 Å². The molecule has 3 nitrogen and oxygen atoms in total. The van der Waals surface area contributed by atoms with Crippen LogP contribution in [-0.2, 0) is 19.5 Å². The van der Waals surface area contributed by atoms with E-state index in [0.29, 0.717) is 0 Å². The third-order valence-corrected chi connectivity index (χ3v) is 2.81. The first kappa shape index (κ1) is 13.2. The third-order valence-electron chi connectivity index (χ3n) is 2.81. The van der Waals surface area contributed by atoms with Gasteiger partial charge in [0.05, 0.1) is 6.20 Å². The maximum Gasteiger partial charge on any atom is 0.0537 e. The second kappa shape index (κ2) is 7.44. The zero-order valence-electron chi connectivity index (χ0n) is 10.9. The van der Waals surface area contributed by atoms with E-state index in [-0.39, 0.29) is 0 Å². The van der Waals surface area contributed by atoms with Gasteiger partial charge in [0.15, 0.2) is 0 Å². The van der Waals surface area contributed by atoms with Crippen LogP contribution < -0.4 is 5.32 Å². The van der Waals surface area contributed by atoms with Gasteiger partial charge in [-0.2, -0.15) is 5.10 Å². The predicted octanol–water partition coefficient (Wildman–Crippen LogP) is 2.75. The Morgan fingerprint density at radius 2 is 2.06 bits per heavy atom. The highest BCUT2D eigenvalue weighted by Gasteiger charge is 2.08. The molecule has 0 aliphatic rings. The first-order valence-corrected chi connectivity index (χ1v) is 6.57. The number of rotatable bonds is 8. The molecule has 3 heteroatoms. The molecule has 0 amide bonds. The lowest BCUT2D eigenvalue weighted by molar-refractivity contribution is 0.543. The van der Waals surface area contributed by atoms with Gasteiger partial charge < -0.3 is 5.32 Å². The van der Waals surface area contributed by atoms with Crippen LogP contribution in [0.15, 0.2) is 6.20 Å². The van der Waals surface area contributed by atoms with Crippen LogP contribution in [0, 0.1) is 0 Å². The molecule has 0 unspecified atom stereocenters. The summed E-state index contributed by atoms with van der Waals surface area (Å²) in [5.41, 5.74) is 2.80. The zero-order chi connectivity index (χ0) is 11.8. The van der Waals surface area contributed by atoms with Gasteiger partial charge in [-0.15, -0.1) is 0 Å². The Morgan fingerprint density at radius 1 is 1.25 bits per heavy atom. The Balaban J connectivity index is 2.70. The van der Waals surface area contributed by atoms with Crippen LogP contribution in [0.25, 0.3) is 0 Å². The number of aromatic nitrogens is 2. The lowest BCUT2D eigenvalue weighted by Crippen LogP contribution is -2.14. The van der Waals surface area contributed by atoms with Gasteiger partial charge in [0, 0.05) is 24.3 Å². The van der Waals surface area contributed by atoms with Gasteiger partial charge in [0.2, 0.25) is 0 Å². The van der Waals surface area contributed by atoms with Crippen molar-refractivity contribution in [1.29, 1.82) is 0 Å². The summed E-state index contributed by atoms with van der Waals surface area (Å²) in [7, 11) is 0. The fourth-order valence-electron chi connectivity index (χ4n) is 1.88. The average molecular weight is 223 g/mol. The molecule has 1 heterocycles. The number of unbranched alkanes of at least 4 members (excludes halogenated alkanes) is 1. The van der Waals surface area contributed by atoms with Gasteiger partial charge in [-0.05, 0) is 19.4 Å².